The number of hydrogen-bond acceptors (Lipinski definition) is 6. The van der Waals surface area contributed by atoms with Crippen molar-refractivity contribution in [3.8, 4) is 5.75 Å². The van der Waals surface area contributed by atoms with E-state index in [1.54, 1.807) is 5.32 Å². The molecule has 0 unspecified atom stereocenters. The molecule has 2 rings (SSSR count). The van der Waals surface area contributed by atoms with Gasteiger partial charge in [-0.1, -0.05) is 0 Å². The van der Waals surface area contributed by atoms with Gasteiger partial charge in [0, 0.05) is 0 Å². The van der Waals surface area contributed by atoms with Gasteiger partial charge in [0.05, 0.1) is 7.11 Å². The summed E-state index contributed by atoms with van der Waals surface area (Å²) in [5.74, 6) is -19.6. The number of hydrogen-bond donors (Lipinski definition) is 1. The van der Waals surface area contributed by atoms with Crippen LogP contribution in [0.2, 0.25) is 0 Å². The first kappa shape index (κ1) is 22.1. The average Bonchev–Trinajstić information content (AvgIpc) is 2.67. The molecule has 0 aliphatic carbocycles. The second-order valence-corrected chi connectivity index (χ2v) is 5.32. The Bertz CT molecular complexity index is 907. The molecule has 6 nitrogen and oxygen atoms in total. The molecule has 0 aliphatic heterocycles. The van der Waals surface area contributed by atoms with E-state index in [0.717, 1.165) is 14.0 Å². The molecule has 29 heavy (non-hydrogen) atoms. The van der Waals surface area contributed by atoms with Crippen LogP contribution >= 0.6 is 0 Å². The number of rotatable bonds is 6. The van der Waals surface area contributed by atoms with Crippen molar-refractivity contribution in [2.75, 3.05) is 12.4 Å². The standard InChI is InChI=1S/C15H9F8N3O3/c1-3(29-10-6(18)13(22)26-14(23)7(10)19)8(15(27)28-2)24-9-4(16)11(20)25-12(21)5(9)17/h3,8H,1-2H3,(H,24,25)/t3-,8-/m0/s1. The normalized spacial score (nSPS) is 13.0. The van der Waals surface area contributed by atoms with Gasteiger partial charge in [-0.15, -0.1) is 0 Å². The molecule has 0 fully saturated rings. The number of nitrogens with one attached hydrogen (secondary N) is 1. The van der Waals surface area contributed by atoms with Crippen molar-refractivity contribution >= 4 is 11.7 Å². The van der Waals surface area contributed by atoms with E-state index in [1.807, 2.05) is 0 Å². The zero-order valence-electron chi connectivity index (χ0n) is 14.3. The molecule has 0 aliphatic rings. The second kappa shape index (κ2) is 8.45. The molecule has 0 amide bonds. The van der Waals surface area contributed by atoms with E-state index in [2.05, 4.69) is 19.4 Å². The van der Waals surface area contributed by atoms with Gasteiger partial charge in [-0.05, 0) is 6.92 Å². The molecule has 0 radical (unpaired) electrons. The zero-order chi connectivity index (χ0) is 22.0. The van der Waals surface area contributed by atoms with Gasteiger partial charge >= 0.3 is 5.97 Å². The maximum absolute atomic E-state index is 13.8. The molecule has 0 saturated carbocycles. The molecule has 0 saturated heterocycles. The average molecular weight is 431 g/mol. The fraction of sp³-hybridized carbons (Fsp3) is 0.267. The molecule has 2 heterocycles. The smallest absolute Gasteiger partial charge is 0.332 e. The maximum Gasteiger partial charge on any atom is 0.332 e. The number of aromatic nitrogens is 2. The fourth-order valence-electron chi connectivity index (χ4n) is 2.09. The van der Waals surface area contributed by atoms with Crippen LogP contribution in [0.5, 0.6) is 5.75 Å². The quantitative estimate of drug-likeness (QED) is 0.431. The van der Waals surface area contributed by atoms with Crippen LogP contribution in [0.1, 0.15) is 6.92 Å². The third-order valence-corrected chi connectivity index (χ3v) is 3.48. The number of methoxy groups -OCH3 is 1. The number of esters is 1. The molecule has 2 aromatic heterocycles. The highest BCUT2D eigenvalue weighted by molar-refractivity contribution is 5.80. The zero-order valence-corrected chi connectivity index (χ0v) is 14.3. The van der Waals surface area contributed by atoms with Crippen LogP contribution in [0.4, 0.5) is 40.8 Å². The predicted octanol–water partition coefficient (Wildman–Crippen LogP) is 3.01. The lowest BCUT2D eigenvalue weighted by molar-refractivity contribution is -0.143. The second-order valence-electron chi connectivity index (χ2n) is 5.32. The van der Waals surface area contributed by atoms with E-state index in [1.165, 1.54) is 0 Å². The Kier molecular flexibility index (Phi) is 6.44. The van der Waals surface area contributed by atoms with E-state index in [0.29, 0.717) is 0 Å². The molecule has 158 valence electrons. The minimum atomic E-state index is -2.08. The molecule has 0 spiro atoms. The van der Waals surface area contributed by atoms with E-state index in [9.17, 15) is 39.9 Å². The third kappa shape index (κ3) is 4.30. The van der Waals surface area contributed by atoms with E-state index >= 15 is 0 Å². The van der Waals surface area contributed by atoms with Crippen molar-refractivity contribution < 1.29 is 49.4 Å². The summed E-state index contributed by atoms with van der Waals surface area (Å²) >= 11 is 0. The van der Waals surface area contributed by atoms with Gasteiger partial charge in [0.15, 0.2) is 6.04 Å². The predicted molar refractivity (Wildman–Crippen MR) is 77.7 cm³/mol. The SMILES string of the molecule is COC(=O)[C@@H](Nc1c(F)c(F)nc(F)c1F)[C@H](C)Oc1c(F)c(F)nc(F)c1F. The number of carbonyl (C=O) groups is 1. The lowest BCUT2D eigenvalue weighted by atomic mass is 10.1. The first-order valence-electron chi connectivity index (χ1n) is 7.40. The van der Waals surface area contributed by atoms with Crippen LogP contribution in [0.15, 0.2) is 0 Å². The number of pyridine rings is 2. The molecule has 14 heteroatoms. The van der Waals surface area contributed by atoms with Crippen LogP contribution in [-0.2, 0) is 9.53 Å². The van der Waals surface area contributed by atoms with Crippen LogP contribution in [0.25, 0.3) is 0 Å². The summed E-state index contributed by atoms with van der Waals surface area (Å²) in [6.07, 6.45) is -1.86. The number of ether oxygens (including phenoxy) is 2. The highest BCUT2D eigenvalue weighted by atomic mass is 19.2. The van der Waals surface area contributed by atoms with Crippen molar-refractivity contribution in [3.63, 3.8) is 0 Å². The minimum absolute atomic E-state index is 0.789. The molecular weight excluding hydrogens is 422 g/mol. The fourth-order valence-corrected chi connectivity index (χ4v) is 2.09. The number of halogens is 8. The van der Waals surface area contributed by atoms with E-state index in [4.69, 9.17) is 0 Å². The van der Waals surface area contributed by atoms with Crippen molar-refractivity contribution in [2.45, 2.75) is 19.1 Å². The van der Waals surface area contributed by atoms with Crippen molar-refractivity contribution in [2.24, 2.45) is 0 Å². The van der Waals surface area contributed by atoms with Crippen LogP contribution in [0, 0.1) is 47.1 Å². The van der Waals surface area contributed by atoms with E-state index in [-0.39, 0.29) is 0 Å². The first-order valence-corrected chi connectivity index (χ1v) is 7.40. The van der Waals surface area contributed by atoms with Gasteiger partial charge in [0.25, 0.3) is 23.8 Å². The molecular formula is C15H9F8N3O3. The Hall–Kier alpha value is -3.19. The minimum Gasteiger partial charge on any atom is -0.482 e. The maximum atomic E-state index is 13.8. The summed E-state index contributed by atoms with van der Waals surface area (Å²) in [5.41, 5.74) is -1.52. The Morgan fingerprint density at radius 3 is 1.66 bits per heavy atom. The Balaban J connectivity index is 2.44. The summed E-state index contributed by atoms with van der Waals surface area (Å²) in [5, 5.41) is 1.72. The highest BCUT2D eigenvalue weighted by Gasteiger charge is 2.34. The van der Waals surface area contributed by atoms with Crippen molar-refractivity contribution in [1.82, 2.24) is 9.97 Å². The monoisotopic (exact) mass is 431 g/mol. The Labute approximate surface area is 156 Å². The van der Waals surface area contributed by atoms with Crippen LogP contribution < -0.4 is 10.1 Å². The van der Waals surface area contributed by atoms with Gasteiger partial charge in [-0.2, -0.15) is 45.1 Å². The summed E-state index contributed by atoms with van der Waals surface area (Å²) in [7, 11) is 0.789. The van der Waals surface area contributed by atoms with Crippen molar-refractivity contribution in [3.05, 3.63) is 47.1 Å². The lowest BCUT2D eigenvalue weighted by Crippen LogP contribution is -2.44. The molecule has 2 aromatic rings. The Morgan fingerprint density at radius 2 is 1.24 bits per heavy atom. The number of nitrogens with zero attached hydrogens (tertiary/aromatic N) is 2. The van der Waals surface area contributed by atoms with Gasteiger partial charge < -0.3 is 14.8 Å². The molecule has 0 bridgehead atoms. The summed E-state index contributed by atoms with van der Waals surface area (Å²) < 4.78 is 117. The van der Waals surface area contributed by atoms with Gasteiger partial charge in [-0.25, -0.2) is 4.79 Å². The summed E-state index contributed by atoms with van der Waals surface area (Å²) in [6.45, 7) is 0.868. The first-order chi connectivity index (χ1) is 13.5. The largest absolute Gasteiger partial charge is 0.482 e. The van der Waals surface area contributed by atoms with Gasteiger partial charge in [-0.3, -0.25) is 0 Å². The molecule has 0 aromatic carbocycles. The van der Waals surface area contributed by atoms with Crippen LogP contribution in [0.3, 0.4) is 0 Å². The Morgan fingerprint density at radius 1 is 0.828 bits per heavy atom. The number of carbonyl (C=O) groups excluding carboxylic acids is 1. The van der Waals surface area contributed by atoms with Gasteiger partial charge in [0.1, 0.15) is 11.8 Å². The lowest BCUT2D eigenvalue weighted by Gasteiger charge is -2.25. The molecule has 2 atom stereocenters. The molecule has 1 N–H and O–H groups in total. The third-order valence-electron chi connectivity index (χ3n) is 3.48. The summed E-state index contributed by atoms with van der Waals surface area (Å²) in [4.78, 5) is 16.5. The van der Waals surface area contributed by atoms with Gasteiger partial charge in [0.2, 0.25) is 29.0 Å². The highest BCUT2D eigenvalue weighted by Crippen LogP contribution is 2.28. The van der Waals surface area contributed by atoms with E-state index < -0.39 is 76.6 Å². The topological polar surface area (TPSA) is 73.3 Å². The number of anilines is 1. The van der Waals surface area contributed by atoms with Crippen LogP contribution in [-0.4, -0.2) is 35.2 Å². The summed E-state index contributed by atoms with van der Waals surface area (Å²) in [6, 6.07) is -2.07. The van der Waals surface area contributed by atoms with Crippen molar-refractivity contribution in [1.29, 1.82) is 0 Å².